The highest BCUT2D eigenvalue weighted by molar-refractivity contribution is 6.34. The van der Waals surface area contributed by atoms with Gasteiger partial charge in [-0.2, -0.15) is 0 Å². The van der Waals surface area contributed by atoms with E-state index in [-0.39, 0.29) is 5.91 Å². The molecule has 1 aromatic carbocycles. The molecule has 2 aliphatic rings. The lowest BCUT2D eigenvalue weighted by molar-refractivity contribution is -0.186. The molecule has 3 rings (SSSR count). The highest BCUT2D eigenvalue weighted by Gasteiger charge is 2.40. The maximum Gasteiger partial charge on any atom is 0.246 e. The van der Waals surface area contributed by atoms with Crippen LogP contribution in [0.2, 0.25) is 10.0 Å². The first-order chi connectivity index (χ1) is 10.6. The number of hydrogen-bond donors (Lipinski definition) is 0. The molecular weight excluding hydrogens is 325 g/mol. The van der Waals surface area contributed by atoms with E-state index in [0.29, 0.717) is 49.2 Å². The topological polar surface area (TPSA) is 38.8 Å². The highest BCUT2D eigenvalue weighted by Crippen LogP contribution is 2.31. The minimum Gasteiger partial charge on any atom is -0.347 e. The zero-order valence-electron chi connectivity index (χ0n) is 12.1. The van der Waals surface area contributed by atoms with Crippen LogP contribution in [0.25, 0.3) is 6.08 Å². The summed E-state index contributed by atoms with van der Waals surface area (Å²) in [7, 11) is 0. The van der Waals surface area contributed by atoms with Gasteiger partial charge in [-0.25, -0.2) is 0 Å². The van der Waals surface area contributed by atoms with Gasteiger partial charge < -0.3 is 14.4 Å². The average molecular weight is 342 g/mol. The molecule has 1 aromatic rings. The predicted molar refractivity (Wildman–Crippen MR) is 85.9 cm³/mol. The van der Waals surface area contributed by atoms with Crippen molar-refractivity contribution < 1.29 is 14.3 Å². The van der Waals surface area contributed by atoms with Gasteiger partial charge in [0.1, 0.15) is 0 Å². The first-order valence-electron chi connectivity index (χ1n) is 7.28. The number of likely N-dealkylation sites (tertiary alicyclic amines) is 1. The molecule has 0 atom stereocenters. The maximum atomic E-state index is 12.3. The van der Waals surface area contributed by atoms with Crippen LogP contribution in [0.1, 0.15) is 18.4 Å². The smallest absolute Gasteiger partial charge is 0.246 e. The molecule has 6 heteroatoms. The Bertz CT molecular complexity index is 587. The van der Waals surface area contributed by atoms with Crippen molar-refractivity contribution in [1.82, 2.24) is 4.90 Å². The van der Waals surface area contributed by atoms with Crippen LogP contribution in [0.4, 0.5) is 0 Å². The fraction of sp³-hybridized carbons (Fsp3) is 0.438. The van der Waals surface area contributed by atoms with Gasteiger partial charge in [-0.3, -0.25) is 4.79 Å². The lowest BCUT2D eigenvalue weighted by Crippen LogP contribution is -2.46. The van der Waals surface area contributed by atoms with Crippen LogP contribution in [0.3, 0.4) is 0 Å². The molecule has 0 aliphatic carbocycles. The van der Waals surface area contributed by atoms with E-state index in [4.69, 9.17) is 32.7 Å². The van der Waals surface area contributed by atoms with Crippen LogP contribution in [0.15, 0.2) is 24.3 Å². The molecule has 2 fully saturated rings. The summed E-state index contributed by atoms with van der Waals surface area (Å²) in [5, 5.41) is 1.16. The first kappa shape index (κ1) is 15.8. The van der Waals surface area contributed by atoms with Gasteiger partial charge in [0.25, 0.3) is 0 Å². The summed E-state index contributed by atoms with van der Waals surface area (Å²) >= 11 is 12.0. The SMILES string of the molecule is O=C(/C=C/c1cc(Cl)ccc1Cl)N1CCC2(CC1)OCCO2. The van der Waals surface area contributed by atoms with Gasteiger partial charge in [-0.1, -0.05) is 23.2 Å². The van der Waals surface area contributed by atoms with Gasteiger partial charge in [0.15, 0.2) is 5.79 Å². The van der Waals surface area contributed by atoms with Crippen molar-refractivity contribution in [3.63, 3.8) is 0 Å². The summed E-state index contributed by atoms with van der Waals surface area (Å²) in [5.41, 5.74) is 0.735. The summed E-state index contributed by atoms with van der Waals surface area (Å²) in [6.07, 6.45) is 4.66. The van der Waals surface area contributed by atoms with E-state index in [1.807, 2.05) is 0 Å². The zero-order chi connectivity index (χ0) is 15.6. The summed E-state index contributed by atoms with van der Waals surface area (Å²) in [5.74, 6) is -0.500. The second-order valence-corrected chi connectivity index (χ2v) is 6.28. The number of hydrogen-bond acceptors (Lipinski definition) is 3. The predicted octanol–water partition coefficient (Wildman–Crippen LogP) is 3.37. The number of benzene rings is 1. The number of ether oxygens (including phenoxy) is 2. The fourth-order valence-corrected chi connectivity index (χ4v) is 3.12. The zero-order valence-corrected chi connectivity index (χ0v) is 13.6. The lowest BCUT2D eigenvalue weighted by atomic mass is 10.0. The third-order valence-corrected chi connectivity index (χ3v) is 4.59. The molecule has 1 spiro atoms. The quantitative estimate of drug-likeness (QED) is 0.774. The van der Waals surface area contributed by atoms with Crippen LogP contribution in [-0.4, -0.2) is 42.9 Å². The number of nitrogens with zero attached hydrogens (tertiary/aromatic N) is 1. The molecule has 0 saturated carbocycles. The van der Waals surface area contributed by atoms with Crippen LogP contribution in [-0.2, 0) is 14.3 Å². The number of amides is 1. The highest BCUT2D eigenvalue weighted by atomic mass is 35.5. The molecule has 0 bridgehead atoms. The molecule has 2 aliphatic heterocycles. The van der Waals surface area contributed by atoms with Crippen LogP contribution in [0.5, 0.6) is 0 Å². The molecule has 0 radical (unpaired) electrons. The van der Waals surface area contributed by atoms with Crippen LogP contribution in [0, 0.1) is 0 Å². The standard InChI is InChI=1S/C16H17Cl2NO3/c17-13-2-3-14(18)12(11-13)1-4-15(20)19-7-5-16(6-8-19)21-9-10-22-16/h1-4,11H,5-10H2/b4-1+. The van der Waals surface area contributed by atoms with Crippen molar-refractivity contribution in [1.29, 1.82) is 0 Å². The third-order valence-electron chi connectivity index (χ3n) is 4.01. The summed E-state index contributed by atoms with van der Waals surface area (Å²) < 4.78 is 11.3. The lowest BCUT2D eigenvalue weighted by Gasteiger charge is -2.37. The van der Waals surface area contributed by atoms with E-state index >= 15 is 0 Å². The average Bonchev–Trinajstić information content (AvgIpc) is 2.97. The summed E-state index contributed by atoms with van der Waals surface area (Å²) in [6.45, 7) is 2.54. The van der Waals surface area contributed by atoms with E-state index in [0.717, 1.165) is 5.56 Å². The van der Waals surface area contributed by atoms with Crippen molar-refractivity contribution in [3.8, 4) is 0 Å². The largest absolute Gasteiger partial charge is 0.347 e. The van der Waals surface area contributed by atoms with Gasteiger partial charge in [-0.05, 0) is 29.8 Å². The molecule has 0 unspecified atom stereocenters. The fourth-order valence-electron chi connectivity index (χ4n) is 2.76. The van der Waals surface area contributed by atoms with E-state index < -0.39 is 5.79 Å². The molecule has 4 nitrogen and oxygen atoms in total. The second-order valence-electron chi connectivity index (χ2n) is 5.43. The number of piperidine rings is 1. The molecule has 22 heavy (non-hydrogen) atoms. The Morgan fingerprint density at radius 2 is 1.86 bits per heavy atom. The normalized spacial score (nSPS) is 20.9. The van der Waals surface area contributed by atoms with E-state index in [9.17, 15) is 4.79 Å². The van der Waals surface area contributed by atoms with Gasteiger partial charge in [0.2, 0.25) is 5.91 Å². The first-order valence-corrected chi connectivity index (χ1v) is 8.04. The van der Waals surface area contributed by atoms with Crippen molar-refractivity contribution in [2.45, 2.75) is 18.6 Å². The van der Waals surface area contributed by atoms with Crippen LogP contribution < -0.4 is 0 Å². The molecule has 118 valence electrons. The number of carbonyl (C=O) groups excluding carboxylic acids is 1. The molecule has 1 amide bonds. The minimum atomic E-state index is -0.462. The number of rotatable bonds is 2. The molecule has 0 aromatic heterocycles. The Hall–Kier alpha value is -1.07. The molecular formula is C16H17Cl2NO3. The monoisotopic (exact) mass is 341 g/mol. The minimum absolute atomic E-state index is 0.0381. The van der Waals surface area contributed by atoms with Gasteiger partial charge in [-0.15, -0.1) is 0 Å². The van der Waals surface area contributed by atoms with Crippen molar-refractivity contribution in [3.05, 3.63) is 39.9 Å². The molecule has 2 heterocycles. The van der Waals surface area contributed by atoms with Crippen molar-refractivity contribution in [2.24, 2.45) is 0 Å². The maximum absolute atomic E-state index is 12.3. The Labute approximate surface area is 139 Å². The van der Waals surface area contributed by atoms with Gasteiger partial charge in [0.05, 0.1) is 13.2 Å². The Kier molecular flexibility index (Phi) is 4.73. The summed E-state index contributed by atoms with van der Waals surface area (Å²) in [6, 6.07) is 5.17. The van der Waals surface area contributed by atoms with E-state index in [1.165, 1.54) is 6.08 Å². The van der Waals surface area contributed by atoms with E-state index in [2.05, 4.69) is 0 Å². The van der Waals surface area contributed by atoms with Crippen molar-refractivity contribution in [2.75, 3.05) is 26.3 Å². The molecule has 2 saturated heterocycles. The summed E-state index contributed by atoms with van der Waals surface area (Å²) in [4.78, 5) is 14.0. The Morgan fingerprint density at radius 3 is 2.55 bits per heavy atom. The second kappa shape index (κ2) is 6.59. The van der Waals surface area contributed by atoms with Gasteiger partial charge in [0, 0.05) is 42.1 Å². The number of halogens is 2. The third kappa shape index (κ3) is 3.46. The number of carbonyl (C=O) groups is 1. The van der Waals surface area contributed by atoms with Crippen LogP contribution >= 0.6 is 23.2 Å². The van der Waals surface area contributed by atoms with Crippen molar-refractivity contribution >= 4 is 35.2 Å². The Morgan fingerprint density at radius 1 is 1.18 bits per heavy atom. The Balaban J connectivity index is 1.60. The van der Waals surface area contributed by atoms with Gasteiger partial charge >= 0.3 is 0 Å². The van der Waals surface area contributed by atoms with E-state index in [1.54, 1.807) is 29.2 Å². The molecule has 0 N–H and O–H groups in total.